The maximum atomic E-state index is 13.7. The summed E-state index contributed by atoms with van der Waals surface area (Å²) in [6, 6.07) is 10.4. The van der Waals surface area contributed by atoms with Crippen LogP contribution in [0.2, 0.25) is 0 Å². The monoisotopic (exact) mass is 789 g/mol. The zero-order valence-corrected chi connectivity index (χ0v) is 34.5. The maximum absolute atomic E-state index is 13.7. The van der Waals surface area contributed by atoms with Gasteiger partial charge in [-0.2, -0.15) is 0 Å². The minimum Gasteiger partial charge on any atom is -0.444 e. The van der Waals surface area contributed by atoms with E-state index >= 15 is 0 Å². The number of hydrogen-bond acceptors (Lipinski definition) is 12. The molecule has 0 unspecified atom stereocenters. The number of hydrogen-bond donors (Lipinski definition) is 0. The number of carbonyl (C=O) groups is 3. The molecule has 0 atom stereocenters. The second kappa shape index (κ2) is 15.7. The number of fused-ring (bicyclic) bond motifs is 2. The summed E-state index contributed by atoms with van der Waals surface area (Å²) in [5.74, 6) is 0.929. The molecule has 3 amide bonds. The van der Waals surface area contributed by atoms with Crippen LogP contribution in [0.3, 0.4) is 0 Å². The summed E-state index contributed by atoms with van der Waals surface area (Å²) in [7, 11) is 1.68. The lowest BCUT2D eigenvalue weighted by molar-refractivity contribution is -0.121. The van der Waals surface area contributed by atoms with Crippen LogP contribution in [0.4, 0.5) is 20.4 Å². The molecule has 0 bridgehead atoms. The molecule has 0 spiro atoms. The highest BCUT2D eigenvalue weighted by Gasteiger charge is 2.35. The Balaban J connectivity index is 1.12. The second-order valence-corrected chi connectivity index (χ2v) is 18.3. The third-order valence-electron chi connectivity index (χ3n) is 9.79. The normalized spacial score (nSPS) is 17.2. The Morgan fingerprint density at radius 1 is 0.818 bits per heavy atom. The van der Waals surface area contributed by atoms with Crippen molar-refractivity contribution in [2.45, 2.75) is 65.7 Å². The Morgan fingerprint density at radius 3 is 2.18 bits per heavy atom. The molecular formula is C40H51N7O6S2. The third-order valence-corrected chi connectivity index (χ3v) is 12.1. The number of carbonyl (C=O) groups excluding carboxylic acids is 3. The molecule has 7 rings (SSSR count). The summed E-state index contributed by atoms with van der Waals surface area (Å²) in [5.41, 5.74) is 3.99. The van der Waals surface area contributed by atoms with Gasteiger partial charge in [-0.1, -0.05) is 6.07 Å². The fourth-order valence-corrected chi connectivity index (χ4v) is 9.58. The smallest absolute Gasteiger partial charge is 0.410 e. The standard InChI is InChI=1S/C40H51N7O6S2/c1-39(2,3)52-37(49)45-17-15-44(16-18-45)32-11-9-27(23-41-32)26-8-10-29-30(22-26)54-35(42-29)34-28-12-13-46(38(50)53-40(4,5)6)24-31(28)55-36(34)47-19-14-43(20-21-51-7)25-33(47)48/h8-11,22-23H,12-21,24-25H2,1-7H3. The Labute approximate surface area is 330 Å². The summed E-state index contributed by atoms with van der Waals surface area (Å²) in [4.78, 5) is 60.1. The summed E-state index contributed by atoms with van der Waals surface area (Å²) in [6.45, 7) is 17.7. The van der Waals surface area contributed by atoms with Crippen molar-refractivity contribution in [2.24, 2.45) is 0 Å². The van der Waals surface area contributed by atoms with Crippen LogP contribution in [0.15, 0.2) is 36.5 Å². The lowest BCUT2D eigenvalue weighted by Gasteiger charge is -2.36. The SMILES string of the molecule is COCCN1CCN(c2sc3c(c2-c2nc4ccc(-c5ccc(N6CCN(C(=O)OC(C)(C)C)CC6)nc5)cc4s2)CCN(C(=O)OC(C)(C)C)C3)C(=O)C1. The first-order valence-electron chi connectivity index (χ1n) is 18.9. The zero-order valence-electron chi connectivity index (χ0n) is 32.8. The van der Waals surface area contributed by atoms with E-state index in [1.54, 1.807) is 39.6 Å². The van der Waals surface area contributed by atoms with Crippen LogP contribution in [-0.4, -0.2) is 127 Å². The molecule has 13 nitrogen and oxygen atoms in total. The molecule has 1 aromatic carbocycles. The van der Waals surface area contributed by atoms with E-state index in [4.69, 9.17) is 24.2 Å². The van der Waals surface area contributed by atoms with Crippen LogP contribution in [0.25, 0.3) is 31.9 Å². The van der Waals surface area contributed by atoms with Crippen molar-refractivity contribution in [3.05, 3.63) is 47.0 Å². The van der Waals surface area contributed by atoms with Crippen LogP contribution in [0.5, 0.6) is 0 Å². The van der Waals surface area contributed by atoms with E-state index in [1.807, 2.05) is 58.7 Å². The van der Waals surface area contributed by atoms with Crippen LogP contribution < -0.4 is 9.80 Å². The zero-order chi connectivity index (χ0) is 39.1. The van der Waals surface area contributed by atoms with E-state index in [9.17, 15) is 14.4 Å². The number of thiophene rings is 1. The first-order valence-corrected chi connectivity index (χ1v) is 20.5. The van der Waals surface area contributed by atoms with Crippen molar-refractivity contribution in [3.8, 4) is 21.7 Å². The van der Waals surface area contributed by atoms with Crippen molar-refractivity contribution in [1.29, 1.82) is 0 Å². The topological polar surface area (TPSA) is 121 Å². The molecule has 3 aliphatic rings. The third kappa shape index (κ3) is 8.90. The maximum Gasteiger partial charge on any atom is 0.410 e. The lowest BCUT2D eigenvalue weighted by Crippen LogP contribution is -2.51. The van der Waals surface area contributed by atoms with E-state index in [-0.39, 0.29) is 18.1 Å². The fraction of sp³-hybridized carbons (Fsp3) is 0.525. The van der Waals surface area contributed by atoms with Gasteiger partial charge in [0.1, 0.15) is 27.0 Å². The number of anilines is 2. The molecule has 4 aromatic rings. The largest absolute Gasteiger partial charge is 0.444 e. The lowest BCUT2D eigenvalue weighted by atomic mass is 10.0. The van der Waals surface area contributed by atoms with Crippen molar-refractivity contribution >= 4 is 61.8 Å². The molecule has 3 aliphatic heterocycles. The van der Waals surface area contributed by atoms with Crippen LogP contribution in [0.1, 0.15) is 52.0 Å². The van der Waals surface area contributed by atoms with Gasteiger partial charge in [0.05, 0.1) is 29.9 Å². The first-order chi connectivity index (χ1) is 26.2. The minimum absolute atomic E-state index is 0.0514. The van der Waals surface area contributed by atoms with Gasteiger partial charge in [-0.15, -0.1) is 22.7 Å². The highest BCUT2D eigenvalue weighted by atomic mass is 32.1. The van der Waals surface area contributed by atoms with Gasteiger partial charge in [-0.05, 0) is 83.4 Å². The quantitative estimate of drug-likeness (QED) is 0.199. The first kappa shape index (κ1) is 38.9. The highest BCUT2D eigenvalue weighted by molar-refractivity contribution is 7.23. The Morgan fingerprint density at radius 2 is 1.53 bits per heavy atom. The molecule has 2 saturated heterocycles. The van der Waals surface area contributed by atoms with E-state index < -0.39 is 11.2 Å². The Bertz CT molecular complexity index is 2040. The van der Waals surface area contributed by atoms with E-state index in [0.717, 1.165) is 59.7 Å². The molecule has 0 aliphatic carbocycles. The van der Waals surface area contributed by atoms with E-state index in [1.165, 1.54) is 0 Å². The van der Waals surface area contributed by atoms with Gasteiger partial charge in [-0.3, -0.25) is 9.69 Å². The van der Waals surface area contributed by atoms with Crippen molar-refractivity contribution < 1.29 is 28.6 Å². The molecule has 0 N–H and O–H groups in total. The van der Waals surface area contributed by atoms with Gasteiger partial charge in [0, 0.05) is 81.7 Å². The summed E-state index contributed by atoms with van der Waals surface area (Å²) < 4.78 is 17.6. The second-order valence-electron chi connectivity index (χ2n) is 16.2. The van der Waals surface area contributed by atoms with Gasteiger partial charge < -0.3 is 33.8 Å². The van der Waals surface area contributed by atoms with E-state index in [2.05, 4.69) is 34.1 Å². The number of nitrogens with zero attached hydrogens (tertiary/aromatic N) is 7. The molecule has 55 heavy (non-hydrogen) atoms. The van der Waals surface area contributed by atoms with Gasteiger partial charge in [0.25, 0.3) is 0 Å². The van der Waals surface area contributed by atoms with Crippen molar-refractivity contribution in [3.63, 3.8) is 0 Å². The number of piperazine rings is 2. The molecule has 2 fully saturated rings. The van der Waals surface area contributed by atoms with Gasteiger partial charge >= 0.3 is 12.2 Å². The number of methoxy groups -OCH3 is 1. The molecule has 0 radical (unpaired) electrons. The van der Waals surface area contributed by atoms with Gasteiger partial charge in [0.15, 0.2) is 0 Å². The minimum atomic E-state index is -0.587. The molecular weight excluding hydrogens is 739 g/mol. The van der Waals surface area contributed by atoms with Gasteiger partial charge in [-0.25, -0.2) is 19.6 Å². The Kier molecular flexibility index (Phi) is 11.1. The van der Waals surface area contributed by atoms with Crippen LogP contribution in [-0.2, 0) is 32.0 Å². The number of benzene rings is 1. The van der Waals surface area contributed by atoms with E-state index in [0.29, 0.717) is 71.9 Å². The van der Waals surface area contributed by atoms with Gasteiger partial charge in [0.2, 0.25) is 5.91 Å². The van der Waals surface area contributed by atoms with Crippen molar-refractivity contribution in [1.82, 2.24) is 24.7 Å². The number of aromatic nitrogens is 2. The molecule has 3 aromatic heterocycles. The molecule has 6 heterocycles. The predicted octanol–water partition coefficient (Wildman–Crippen LogP) is 6.73. The molecule has 15 heteroatoms. The summed E-state index contributed by atoms with van der Waals surface area (Å²) >= 11 is 3.22. The average Bonchev–Trinajstić information content (AvgIpc) is 3.73. The summed E-state index contributed by atoms with van der Waals surface area (Å²) in [6.07, 6.45) is 1.95. The molecule has 0 saturated carbocycles. The number of amides is 3. The number of ether oxygens (including phenoxy) is 3. The number of thiazole rings is 1. The number of rotatable bonds is 7. The Hall–Kier alpha value is -4.31. The summed E-state index contributed by atoms with van der Waals surface area (Å²) in [5, 5.41) is 1.78. The average molecular weight is 790 g/mol. The van der Waals surface area contributed by atoms with Crippen LogP contribution in [0, 0.1) is 0 Å². The molecule has 294 valence electrons. The van der Waals surface area contributed by atoms with Crippen LogP contribution >= 0.6 is 22.7 Å². The highest BCUT2D eigenvalue weighted by Crippen LogP contribution is 2.48. The van der Waals surface area contributed by atoms with Crippen molar-refractivity contribution in [2.75, 3.05) is 82.4 Å². The predicted molar refractivity (Wildman–Crippen MR) is 217 cm³/mol. The fourth-order valence-electron chi connectivity index (χ4n) is 7.03. The number of pyridine rings is 1.